The van der Waals surface area contributed by atoms with Crippen molar-refractivity contribution in [1.82, 2.24) is 0 Å². The summed E-state index contributed by atoms with van der Waals surface area (Å²) in [6.45, 7) is 42.9. The molecule has 0 aliphatic rings. The van der Waals surface area contributed by atoms with Crippen LogP contribution in [-0.2, 0) is 40.8 Å². The SMILES string of the molecule is CC(C)(C)P(C(C)(C)C)C(C)(C)C.CC(C)(C)P(C(C)(C)C)C(C)(C)C.[Br-].[Br-].[Pd].[Pd]. The van der Waals surface area contributed by atoms with Crippen molar-refractivity contribution in [3.8, 4) is 0 Å². The minimum absolute atomic E-state index is 0. The van der Waals surface area contributed by atoms with Crippen molar-refractivity contribution < 1.29 is 74.8 Å². The van der Waals surface area contributed by atoms with E-state index in [0.29, 0.717) is 30.9 Å². The summed E-state index contributed by atoms with van der Waals surface area (Å²) in [5, 5.41) is 2.70. The molecule has 0 radical (unpaired) electrons. The van der Waals surface area contributed by atoms with Gasteiger partial charge in [0.15, 0.2) is 0 Å². The first-order valence-corrected chi connectivity index (χ1v) is 13.0. The third-order valence-electron chi connectivity index (χ3n) is 4.02. The predicted octanol–water partition coefficient (Wildman–Crippen LogP) is 3.73. The van der Waals surface area contributed by atoms with Crippen molar-refractivity contribution in [2.24, 2.45) is 0 Å². The quantitative estimate of drug-likeness (QED) is 0.260. The first kappa shape index (κ1) is 46.5. The van der Waals surface area contributed by atoms with E-state index in [4.69, 9.17) is 0 Å². The Hall–Kier alpha value is 3.14. The van der Waals surface area contributed by atoms with Gasteiger partial charge in [0.1, 0.15) is 0 Å². The maximum absolute atomic E-state index is 2.38. The molecule has 0 aromatic rings. The molecule has 0 fully saturated rings. The van der Waals surface area contributed by atoms with Crippen LogP contribution in [-0.4, -0.2) is 30.9 Å². The van der Waals surface area contributed by atoms with Crippen molar-refractivity contribution in [3.05, 3.63) is 0 Å². The van der Waals surface area contributed by atoms with E-state index in [1.807, 2.05) is 0 Å². The van der Waals surface area contributed by atoms with Crippen molar-refractivity contribution in [3.63, 3.8) is 0 Å². The van der Waals surface area contributed by atoms with Crippen molar-refractivity contribution >= 4 is 15.8 Å². The molecule has 0 saturated carbocycles. The fourth-order valence-electron chi connectivity index (χ4n) is 6.04. The Bertz CT molecular complexity index is 318. The summed E-state index contributed by atoms with van der Waals surface area (Å²) >= 11 is 0. The summed E-state index contributed by atoms with van der Waals surface area (Å²) in [7, 11) is 0.0324. The van der Waals surface area contributed by atoms with Gasteiger partial charge in [0.05, 0.1) is 0 Å². The topological polar surface area (TPSA) is 0 Å². The van der Waals surface area contributed by atoms with Gasteiger partial charge in [-0.1, -0.05) is 140 Å². The van der Waals surface area contributed by atoms with Crippen molar-refractivity contribution in [2.45, 2.75) is 156 Å². The maximum atomic E-state index is 2.38. The zero-order chi connectivity index (χ0) is 22.2. The standard InChI is InChI=1S/2C12H27P.2BrH.2Pd/c2*1-10(2,3)13(11(4,5)6)12(7,8)9;;;;/h2*1-9H3;2*1H;;/p-2. The summed E-state index contributed by atoms with van der Waals surface area (Å²) in [5.41, 5.74) is 0. The van der Waals surface area contributed by atoms with Gasteiger partial charge in [-0.25, -0.2) is 0 Å². The fourth-order valence-corrected chi connectivity index (χ4v) is 18.1. The van der Waals surface area contributed by atoms with Gasteiger partial charge < -0.3 is 34.0 Å². The molecule has 0 amide bonds. The average molecular weight is 777 g/mol. The first-order valence-electron chi connectivity index (χ1n) is 10.3. The molecule has 0 saturated heterocycles. The molecule has 0 bridgehead atoms. The molecular formula is C24H54Br2P2Pd2-2. The van der Waals surface area contributed by atoms with Crippen LogP contribution in [0.2, 0.25) is 0 Å². The average Bonchev–Trinajstić information content (AvgIpc) is 1.97. The van der Waals surface area contributed by atoms with Gasteiger partial charge in [0, 0.05) is 40.8 Å². The van der Waals surface area contributed by atoms with Gasteiger partial charge in [-0.2, -0.15) is 0 Å². The molecule has 0 nitrogen and oxygen atoms in total. The second-order valence-electron chi connectivity index (χ2n) is 13.7. The van der Waals surface area contributed by atoms with E-state index >= 15 is 0 Å². The van der Waals surface area contributed by atoms with Crippen LogP contribution < -0.4 is 34.0 Å². The second kappa shape index (κ2) is 15.3. The van der Waals surface area contributed by atoms with Crippen LogP contribution in [0.3, 0.4) is 0 Å². The zero-order valence-electron chi connectivity index (χ0n) is 23.3. The molecule has 0 aliphatic heterocycles. The van der Waals surface area contributed by atoms with Crippen LogP contribution in [0.15, 0.2) is 0 Å². The zero-order valence-corrected chi connectivity index (χ0v) is 31.4. The minimum Gasteiger partial charge on any atom is -1.00 e. The third kappa shape index (κ3) is 18.5. The van der Waals surface area contributed by atoms with Gasteiger partial charge >= 0.3 is 0 Å². The summed E-state index contributed by atoms with van der Waals surface area (Å²) in [5.74, 6) is 0. The monoisotopic (exact) mass is 774 g/mol. The van der Waals surface area contributed by atoms with Crippen LogP contribution in [0.25, 0.3) is 0 Å². The van der Waals surface area contributed by atoms with Gasteiger partial charge in [0.2, 0.25) is 0 Å². The Labute approximate surface area is 244 Å². The third-order valence-corrected chi connectivity index (χ3v) is 12.1. The predicted molar refractivity (Wildman–Crippen MR) is 132 cm³/mol. The van der Waals surface area contributed by atoms with Crippen LogP contribution in [0.1, 0.15) is 125 Å². The molecule has 6 heteroatoms. The molecule has 0 aliphatic carbocycles. The summed E-state index contributed by atoms with van der Waals surface area (Å²) < 4.78 is 0. The fraction of sp³-hybridized carbons (Fsp3) is 1.00. The Kier molecular flexibility index (Phi) is 23.7. The van der Waals surface area contributed by atoms with E-state index < -0.39 is 0 Å². The van der Waals surface area contributed by atoms with E-state index in [2.05, 4.69) is 125 Å². The van der Waals surface area contributed by atoms with Gasteiger partial charge in [-0.15, -0.1) is 0 Å². The molecular weight excluding hydrogens is 723 g/mol. The molecule has 0 aromatic heterocycles. The Morgan fingerprint density at radius 2 is 0.333 bits per heavy atom. The molecule has 0 unspecified atom stereocenters. The summed E-state index contributed by atoms with van der Waals surface area (Å²) in [4.78, 5) is 0. The van der Waals surface area contributed by atoms with E-state index in [9.17, 15) is 0 Å². The Morgan fingerprint density at radius 3 is 0.333 bits per heavy atom. The van der Waals surface area contributed by atoms with Crippen molar-refractivity contribution in [1.29, 1.82) is 0 Å². The number of hydrogen-bond donors (Lipinski definition) is 0. The first-order chi connectivity index (χ1) is 10.7. The minimum atomic E-state index is 0. The van der Waals surface area contributed by atoms with Crippen LogP contribution >= 0.6 is 15.8 Å². The number of hydrogen-bond acceptors (Lipinski definition) is 0. The maximum Gasteiger partial charge on any atom is 0 e. The molecule has 30 heavy (non-hydrogen) atoms. The molecule has 0 rings (SSSR count). The molecule has 0 atom stereocenters. The van der Waals surface area contributed by atoms with Crippen LogP contribution in [0.5, 0.6) is 0 Å². The summed E-state index contributed by atoms with van der Waals surface area (Å²) in [6.07, 6.45) is 0. The van der Waals surface area contributed by atoms with E-state index in [1.165, 1.54) is 0 Å². The molecule has 0 N–H and O–H groups in total. The normalized spacial score (nSPS) is 13.2. The molecule has 196 valence electrons. The molecule has 0 spiro atoms. The van der Waals surface area contributed by atoms with E-state index in [-0.39, 0.29) is 90.7 Å². The largest absolute Gasteiger partial charge is 1.00 e. The van der Waals surface area contributed by atoms with Crippen LogP contribution in [0, 0.1) is 0 Å². The van der Waals surface area contributed by atoms with E-state index in [1.54, 1.807) is 0 Å². The Balaban J connectivity index is -0.0000000847. The molecule has 0 heterocycles. The van der Waals surface area contributed by atoms with Gasteiger partial charge in [0.25, 0.3) is 0 Å². The van der Waals surface area contributed by atoms with Crippen molar-refractivity contribution in [2.75, 3.05) is 0 Å². The number of rotatable bonds is 0. The Morgan fingerprint density at radius 1 is 0.267 bits per heavy atom. The van der Waals surface area contributed by atoms with Gasteiger partial charge in [-0.3, -0.25) is 0 Å². The molecule has 0 aromatic carbocycles. The van der Waals surface area contributed by atoms with E-state index in [0.717, 1.165) is 0 Å². The van der Waals surface area contributed by atoms with Gasteiger partial charge in [-0.05, 0) is 30.9 Å². The second-order valence-corrected chi connectivity index (χ2v) is 23.1. The smallest absolute Gasteiger partial charge is 0 e. The number of halogens is 2. The summed E-state index contributed by atoms with van der Waals surface area (Å²) in [6, 6.07) is 0. The van der Waals surface area contributed by atoms with Crippen LogP contribution in [0.4, 0.5) is 0 Å².